The van der Waals surface area contributed by atoms with E-state index in [4.69, 9.17) is 14.6 Å². The first-order chi connectivity index (χ1) is 18.5. The number of aliphatic hydroxyl groups is 1. The Morgan fingerprint density at radius 1 is 1.13 bits per heavy atom. The summed E-state index contributed by atoms with van der Waals surface area (Å²) in [5, 5.41) is 9.15. The summed E-state index contributed by atoms with van der Waals surface area (Å²) in [6.07, 6.45) is 10.9. The molecule has 0 aliphatic carbocycles. The summed E-state index contributed by atoms with van der Waals surface area (Å²) < 4.78 is 12.6. The zero-order valence-corrected chi connectivity index (χ0v) is 24.6. The maximum Gasteiger partial charge on any atom is 0.312 e. The molecule has 0 saturated carbocycles. The van der Waals surface area contributed by atoms with Crippen molar-refractivity contribution < 1.29 is 29.0 Å². The van der Waals surface area contributed by atoms with Crippen LogP contribution in [0.1, 0.15) is 91.9 Å². The molecule has 0 radical (unpaired) electrons. The van der Waals surface area contributed by atoms with Crippen LogP contribution in [0.25, 0.3) is 0 Å². The molecular weight excluding hydrogens is 496 g/mol. The Labute approximate surface area is 234 Å². The van der Waals surface area contributed by atoms with Crippen LogP contribution in [-0.4, -0.2) is 81.8 Å². The van der Waals surface area contributed by atoms with Crippen LogP contribution in [0.4, 0.5) is 0 Å². The van der Waals surface area contributed by atoms with Crippen LogP contribution in [0.5, 0.6) is 0 Å². The molecule has 1 spiro atoms. The summed E-state index contributed by atoms with van der Waals surface area (Å²) in [5.41, 5.74) is -2.33. The lowest BCUT2D eigenvalue weighted by Crippen LogP contribution is -2.60. The lowest BCUT2D eigenvalue weighted by molar-refractivity contribution is -0.162. The van der Waals surface area contributed by atoms with Gasteiger partial charge in [0.1, 0.15) is 17.6 Å². The summed E-state index contributed by atoms with van der Waals surface area (Å²) in [6.45, 7) is 16.7. The van der Waals surface area contributed by atoms with Gasteiger partial charge in [0.05, 0.1) is 18.1 Å². The number of rotatable bonds is 16. The highest BCUT2D eigenvalue weighted by Crippen LogP contribution is 2.64. The molecule has 3 heterocycles. The molecule has 0 aromatic rings. The van der Waals surface area contributed by atoms with Crippen molar-refractivity contribution in [3.05, 3.63) is 25.3 Å². The molecule has 3 saturated heterocycles. The predicted molar refractivity (Wildman–Crippen MR) is 151 cm³/mol. The molecule has 3 aliphatic heterocycles. The molecule has 8 nitrogen and oxygen atoms in total. The van der Waals surface area contributed by atoms with E-state index in [1.54, 1.807) is 15.9 Å². The van der Waals surface area contributed by atoms with Crippen LogP contribution in [-0.2, 0) is 23.9 Å². The molecule has 5 atom stereocenters. The second-order valence-corrected chi connectivity index (χ2v) is 12.4. The van der Waals surface area contributed by atoms with Gasteiger partial charge in [-0.25, -0.2) is 0 Å². The maximum absolute atomic E-state index is 14.4. The summed E-state index contributed by atoms with van der Waals surface area (Å²) in [7, 11) is 0. The molecule has 8 heteroatoms. The number of hydrogen-bond donors (Lipinski definition) is 1. The molecule has 1 N–H and O–H groups in total. The summed E-state index contributed by atoms with van der Waals surface area (Å²) >= 11 is 0. The summed E-state index contributed by atoms with van der Waals surface area (Å²) in [5.74, 6) is -2.17. The molecule has 3 aliphatic rings. The predicted octanol–water partition coefficient (Wildman–Crippen LogP) is 4.41. The number of unbranched alkanes of at least 4 members (excludes halogenated alkanes) is 5. The second kappa shape index (κ2) is 13.0. The van der Waals surface area contributed by atoms with E-state index in [9.17, 15) is 14.4 Å². The van der Waals surface area contributed by atoms with Crippen molar-refractivity contribution in [3.63, 3.8) is 0 Å². The van der Waals surface area contributed by atoms with Crippen molar-refractivity contribution in [2.75, 3.05) is 26.3 Å². The Hall–Kier alpha value is -2.19. The zero-order chi connectivity index (χ0) is 28.8. The molecule has 2 amide bonds. The quantitative estimate of drug-likeness (QED) is 0.175. The maximum atomic E-state index is 14.4. The number of amides is 2. The van der Waals surface area contributed by atoms with Crippen LogP contribution in [0.2, 0.25) is 0 Å². The van der Waals surface area contributed by atoms with Gasteiger partial charge in [0.15, 0.2) is 0 Å². The van der Waals surface area contributed by atoms with E-state index in [1.807, 2.05) is 33.8 Å². The Morgan fingerprint density at radius 3 is 2.46 bits per heavy atom. The molecule has 0 aromatic heterocycles. The van der Waals surface area contributed by atoms with Gasteiger partial charge in [-0.05, 0) is 72.1 Å². The molecule has 2 bridgehead atoms. The van der Waals surface area contributed by atoms with Crippen molar-refractivity contribution in [2.45, 2.75) is 115 Å². The van der Waals surface area contributed by atoms with Gasteiger partial charge >= 0.3 is 5.97 Å². The van der Waals surface area contributed by atoms with Gasteiger partial charge in [0.2, 0.25) is 11.8 Å². The first-order valence-corrected chi connectivity index (χ1v) is 14.9. The number of nitrogens with zero attached hydrogens (tertiary/aromatic N) is 2. The third kappa shape index (κ3) is 5.97. The van der Waals surface area contributed by atoms with Crippen molar-refractivity contribution in [3.8, 4) is 0 Å². The Balaban J connectivity index is 1.96. The number of carbonyl (C=O) groups is 3. The van der Waals surface area contributed by atoms with E-state index >= 15 is 0 Å². The highest BCUT2D eigenvalue weighted by atomic mass is 16.6. The van der Waals surface area contributed by atoms with E-state index in [-0.39, 0.29) is 24.4 Å². The monoisotopic (exact) mass is 546 g/mol. The van der Waals surface area contributed by atoms with Gasteiger partial charge in [0, 0.05) is 25.2 Å². The highest BCUT2D eigenvalue weighted by Gasteiger charge is 2.79. The van der Waals surface area contributed by atoms with E-state index in [2.05, 4.69) is 13.2 Å². The summed E-state index contributed by atoms with van der Waals surface area (Å²) in [4.78, 5) is 45.7. The first kappa shape index (κ1) is 31.3. The van der Waals surface area contributed by atoms with Gasteiger partial charge < -0.3 is 24.4 Å². The van der Waals surface area contributed by atoms with Crippen LogP contribution in [0.3, 0.4) is 0 Å². The molecular formula is C31H50N2O6. The van der Waals surface area contributed by atoms with Crippen LogP contribution in [0.15, 0.2) is 25.3 Å². The van der Waals surface area contributed by atoms with E-state index in [0.717, 1.165) is 32.1 Å². The lowest BCUT2D eigenvalue weighted by atomic mass is 9.65. The standard InChI is InChI=1S/C31H50N2O6/c1-7-10-11-16-22-38-28(37)24-23-26(35)32(20-14-12-13-15-21-34)25(27(36)33(19-8-2)29(4,5)6)31(23)18-17-30(24,9-3)39-31/h7-8,23-25,34H,1-2,9-22H2,3-6H3/t23-,24-,25?,30+,31?/m0/s1. The number of carbonyl (C=O) groups excluding carboxylic acids is 3. The summed E-state index contributed by atoms with van der Waals surface area (Å²) in [6, 6.07) is -0.800. The van der Waals surface area contributed by atoms with E-state index < -0.39 is 34.6 Å². The third-order valence-corrected chi connectivity index (χ3v) is 8.91. The van der Waals surface area contributed by atoms with Crippen LogP contribution < -0.4 is 0 Å². The van der Waals surface area contributed by atoms with Gasteiger partial charge in [-0.3, -0.25) is 14.4 Å². The molecule has 220 valence electrons. The van der Waals surface area contributed by atoms with Gasteiger partial charge in [-0.15, -0.1) is 13.2 Å². The third-order valence-electron chi connectivity index (χ3n) is 8.91. The SMILES string of the molecule is C=CCCCCOC(=O)[C@@H]1[C@H]2C(=O)N(CCCCCCO)C(C(=O)N(CC=C)C(C)(C)C)C23CC[C@@]1(CC)O3. The Bertz CT molecular complexity index is 913. The number of fused-ring (bicyclic) bond motifs is 1. The fourth-order valence-electron chi connectivity index (χ4n) is 6.97. The van der Waals surface area contributed by atoms with E-state index in [1.165, 1.54) is 0 Å². The van der Waals surface area contributed by atoms with Crippen molar-refractivity contribution >= 4 is 17.8 Å². The molecule has 0 aromatic carbocycles. The fourth-order valence-corrected chi connectivity index (χ4v) is 6.97. The molecule has 3 rings (SSSR count). The number of likely N-dealkylation sites (tertiary alicyclic amines) is 1. The largest absolute Gasteiger partial charge is 0.465 e. The van der Waals surface area contributed by atoms with E-state index in [0.29, 0.717) is 51.8 Å². The van der Waals surface area contributed by atoms with Crippen LogP contribution in [0, 0.1) is 11.8 Å². The van der Waals surface area contributed by atoms with Crippen molar-refractivity contribution in [1.29, 1.82) is 0 Å². The smallest absolute Gasteiger partial charge is 0.312 e. The van der Waals surface area contributed by atoms with Crippen molar-refractivity contribution in [1.82, 2.24) is 9.80 Å². The fraction of sp³-hybridized carbons (Fsp3) is 0.774. The molecule has 2 unspecified atom stereocenters. The number of hydrogen-bond acceptors (Lipinski definition) is 6. The minimum absolute atomic E-state index is 0.140. The molecule has 39 heavy (non-hydrogen) atoms. The minimum atomic E-state index is -1.05. The lowest BCUT2D eigenvalue weighted by Gasteiger charge is -2.42. The minimum Gasteiger partial charge on any atom is -0.465 e. The second-order valence-electron chi connectivity index (χ2n) is 12.4. The van der Waals surface area contributed by atoms with Crippen molar-refractivity contribution in [2.24, 2.45) is 11.8 Å². The van der Waals surface area contributed by atoms with Gasteiger partial charge in [-0.2, -0.15) is 0 Å². The molecule has 3 fully saturated rings. The highest BCUT2D eigenvalue weighted by molar-refractivity contribution is 5.98. The van der Waals surface area contributed by atoms with Crippen LogP contribution >= 0.6 is 0 Å². The first-order valence-electron chi connectivity index (χ1n) is 14.9. The van der Waals surface area contributed by atoms with Gasteiger partial charge in [0.25, 0.3) is 0 Å². The Kier molecular flexibility index (Phi) is 10.4. The number of esters is 1. The number of ether oxygens (including phenoxy) is 2. The number of aliphatic hydroxyl groups excluding tert-OH is 1. The average Bonchev–Trinajstić information content (AvgIpc) is 3.49. The van der Waals surface area contributed by atoms with Gasteiger partial charge in [-0.1, -0.05) is 31.9 Å². The average molecular weight is 547 g/mol. The zero-order valence-electron chi connectivity index (χ0n) is 24.6. The normalized spacial score (nSPS) is 29.4. The topological polar surface area (TPSA) is 96.4 Å². The Morgan fingerprint density at radius 2 is 1.85 bits per heavy atom. The number of allylic oxidation sites excluding steroid dienone is 1.